The van der Waals surface area contributed by atoms with Gasteiger partial charge in [0, 0.05) is 16.1 Å². The molecule has 3 N–H and O–H groups in total. The van der Waals surface area contributed by atoms with E-state index in [2.05, 4.69) is 53.4 Å². The van der Waals surface area contributed by atoms with Crippen LogP contribution < -0.4 is 11.1 Å². The molecule has 7 nitrogen and oxygen atoms in total. The van der Waals surface area contributed by atoms with Crippen molar-refractivity contribution in [2.75, 3.05) is 37.7 Å². The van der Waals surface area contributed by atoms with Crippen LogP contribution in [0, 0.1) is 5.92 Å². The summed E-state index contributed by atoms with van der Waals surface area (Å²) in [6.07, 6.45) is 8.01. The van der Waals surface area contributed by atoms with E-state index >= 15 is 0 Å². The molecule has 2 aliphatic heterocycles. The Morgan fingerprint density at radius 1 is 1.03 bits per heavy atom. The Morgan fingerprint density at radius 3 is 2.58 bits per heavy atom. The molecular formula is C30H37N5O2S. The van der Waals surface area contributed by atoms with Crippen LogP contribution in [0.15, 0.2) is 36.5 Å². The van der Waals surface area contributed by atoms with Gasteiger partial charge in [-0.2, -0.15) is 0 Å². The van der Waals surface area contributed by atoms with E-state index in [1.54, 1.807) is 4.90 Å². The summed E-state index contributed by atoms with van der Waals surface area (Å²) in [5, 5.41) is 4.05. The first-order valence-electron chi connectivity index (χ1n) is 13.9. The van der Waals surface area contributed by atoms with Crippen molar-refractivity contribution in [3.05, 3.63) is 52.5 Å². The summed E-state index contributed by atoms with van der Waals surface area (Å²) in [5.41, 5.74) is 8.63. The van der Waals surface area contributed by atoms with E-state index in [0.717, 1.165) is 49.9 Å². The lowest BCUT2D eigenvalue weighted by atomic mass is 9.89. The molecule has 2 aromatic heterocycles. The summed E-state index contributed by atoms with van der Waals surface area (Å²) >= 11 is 1.90. The Morgan fingerprint density at radius 2 is 1.82 bits per heavy atom. The van der Waals surface area contributed by atoms with Crippen molar-refractivity contribution >= 4 is 44.7 Å². The highest BCUT2D eigenvalue weighted by molar-refractivity contribution is 7.19. The van der Waals surface area contributed by atoms with E-state index in [0.29, 0.717) is 35.8 Å². The first kappa shape index (κ1) is 25.3. The van der Waals surface area contributed by atoms with Gasteiger partial charge in [0.1, 0.15) is 5.82 Å². The molecule has 3 aromatic rings. The molecule has 4 heterocycles. The largest absolute Gasteiger partial charge is 0.383 e. The third-order valence-corrected chi connectivity index (χ3v) is 9.84. The van der Waals surface area contributed by atoms with Gasteiger partial charge in [0.15, 0.2) is 0 Å². The number of rotatable bonds is 4. The Labute approximate surface area is 228 Å². The minimum absolute atomic E-state index is 0.105. The fourth-order valence-electron chi connectivity index (χ4n) is 6.10. The molecule has 38 heavy (non-hydrogen) atoms. The summed E-state index contributed by atoms with van der Waals surface area (Å²) in [7, 11) is 2.20. The summed E-state index contributed by atoms with van der Waals surface area (Å²) in [4.78, 5) is 36.5. The number of benzene rings is 1. The van der Waals surface area contributed by atoms with E-state index in [-0.39, 0.29) is 6.04 Å². The highest BCUT2D eigenvalue weighted by atomic mass is 32.1. The van der Waals surface area contributed by atoms with Crippen molar-refractivity contribution in [1.29, 1.82) is 0 Å². The first-order valence-corrected chi connectivity index (χ1v) is 14.8. The van der Waals surface area contributed by atoms with Crippen LogP contribution in [0.4, 0.5) is 11.5 Å². The van der Waals surface area contributed by atoms with Crippen molar-refractivity contribution < 1.29 is 9.59 Å². The zero-order valence-electron chi connectivity index (χ0n) is 22.3. The van der Waals surface area contributed by atoms with Crippen LogP contribution in [0.3, 0.4) is 0 Å². The number of pyridine rings is 1. The molecular weight excluding hydrogens is 494 g/mol. The standard InChI is InChI=1S/C30H37N5O2S/c1-18-3-7-25(21-6-8-26-22(13-21)14-27(38-26)20-9-11-34(2)12-10-20)35(17-18)30(37)29(36)33-23-15-24(19-4-5-19)28(31)32-16-23/h6,8,13-16,18-20,25H,3-5,7,9-12,17H2,1-2H3,(H2,31,32)(H,33,36)/t18-,25+/m0/s1. The van der Waals surface area contributed by atoms with Crippen LogP contribution >= 0.6 is 11.3 Å². The van der Waals surface area contributed by atoms with Gasteiger partial charge in [-0.3, -0.25) is 9.59 Å². The highest BCUT2D eigenvalue weighted by Crippen LogP contribution is 2.43. The molecule has 0 spiro atoms. The zero-order valence-corrected chi connectivity index (χ0v) is 23.1. The van der Waals surface area contributed by atoms with E-state index < -0.39 is 11.8 Å². The number of amides is 2. The lowest BCUT2D eigenvalue weighted by Crippen LogP contribution is -2.46. The monoisotopic (exact) mass is 531 g/mol. The van der Waals surface area contributed by atoms with Gasteiger partial charge >= 0.3 is 11.8 Å². The maximum Gasteiger partial charge on any atom is 0.313 e. The molecule has 2 amide bonds. The number of anilines is 2. The van der Waals surface area contributed by atoms with Crippen LogP contribution in [0.1, 0.15) is 79.3 Å². The van der Waals surface area contributed by atoms with Gasteiger partial charge in [0.05, 0.1) is 17.9 Å². The number of thiophene rings is 1. The number of carbonyl (C=O) groups is 2. The number of nitrogens with two attached hydrogens (primary N) is 1. The van der Waals surface area contributed by atoms with E-state index in [1.807, 2.05) is 17.4 Å². The van der Waals surface area contributed by atoms with E-state index in [1.165, 1.54) is 34.0 Å². The molecule has 2 saturated heterocycles. The van der Waals surface area contributed by atoms with Gasteiger partial charge in [-0.1, -0.05) is 13.0 Å². The Balaban J connectivity index is 1.21. The first-order chi connectivity index (χ1) is 18.4. The zero-order chi connectivity index (χ0) is 26.4. The van der Waals surface area contributed by atoms with Crippen molar-refractivity contribution in [2.45, 2.75) is 63.3 Å². The molecule has 1 saturated carbocycles. The summed E-state index contributed by atoms with van der Waals surface area (Å²) in [6.45, 7) is 5.03. The predicted octanol–water partition coefficient (Wildman–Crippen LogP) is 5.50. The Bertz CT molecular complexity index is 1360. The van der Waals surface area contributed by atoms with Crippen LogP contribution in [-0.4, -0.2) is 53.3 Å². The summed E-state index contributed by atoms with van der Waals surface area (Å²) < 4.78 is 1.30. The number of fused-ring (bicyclic) bond motifs is 1. The molecule has 2 atom stereocenters. The predicted molar refractivity (Wildman–Crippen MR) is 153 cm³/mol. The van der Waals surface area contributed by atoms with E-state index in [9.17, 15) is 9.59 Å². The number of hydrogen-bond donors (Lipinski definition) is 2. The van der Waals surface area contributed by atoms with Gasteiger partial charge < -0.3 is 20.9 Å². The van der Waals surface area contributed by atoms with Crippen molar-refractivity contribution in [1.82, 2.24) is 14.8 Å². The van der Waals surface area contributed by atoms with Gasteiger partial charge in [0.2, 0.25) is 0 Å². The molecule has 0 unspecified atom stereocenters. The third-order valence-electron chi connectivity index (χ3n) is 8.56. The molecule has 8 heteroatoms. The molecule has 3 fully saturated rings. The SMILES string of the molecule is C[C@H]1CC[C@H](c2ccc3sc(C4CCN(C)CC4)cc3c2)N(C(=O)C(=O)Nc2cnc(N)c(C3CC3)c2)C1. The lowest BCUT2D eigenvalue weighted by Gasteiger charge is -2.38. The molecule has 1 aromatic carbocycles. The average molecular weight is 532 g/mol. The molecule has 1 aliphatic carbocycles. The molecule has 6 rings (SSSR count). The second-order valence-corrected chi connectivity index (χ2v) is 12.7. The Hall–Kier alpha value is -2.97. The average Bonchev–Trinajstić information content (AvgIpc) is 3.67. The number of likely N-dealkylation sites (tertiary alicyclic amines) is 2. The van der Waals surface area contributed by atoms with Crippen molar-refractivity contribution in [2.24, 2.45) is 5.92 Å². The Kier molecular flexibility index (Phi) is 6.86. The number of aromatic nitrogens is 1. The minimum atomic E-state index is -0.612. The van der Waals surface area contributed by atoms with Crippen LogP contribution in [-0.2, 0) is 9.59 Å². The maximum absolute atomic E-state index is 13.5. The van der Waals surface area contributed by atoms with Crippen molar-refractivity contribution in [3.8, 4) is 0 Å². The lowest BCUT2D eigenvalue weighted by molar-refractivity contribution is -0.146. The van der Waals surface area contributed by atoms with Gasteiger partial charge in [-0.05, 0) is 117 Å². The van der Waals surface area contributed by atoms with Gasteiger partial charge in [-0.25, -0.2) is 4.98 Å². The normalized spacial score (nSPS) is 23.1. The van der Waals surface area contributed by atoms with Crippen LogP contribution in [0.25, 0.3) is 10.1 Å². The number of piperidine rings is 2. The maximum atomic E-state index is 13.5. The smallest absolute Gasteiger partial charge is 0.313 e. The number of hydrogen-bond acceptors (Lipinski definition) is 6. The minimum Gasteiger partial charge on any atom is -0.383 e. The van der Waals surface area contributed by atoms with Gasteiger partial charge in [-0.15, -0.1) is 11.3 Å². The molecule has 200 valence electrons. The fraction of sp³-hybridized carbons (Fsp3) is 0.500. The summed E-state index contributed by atoms with van der Waals surface area (Å²) in [6, 6.07) is 10.7. The van der Waals surface area contributed by atoms with Gasteiger partial charge in [0.25, 0.3) is 0 Å². The second-order valence-electron chi connectivity index (χ2n) is 11.6. The number of nitrogens with zero attached hydrogens (tertiary/aromatic N) is 3. The fourth-order valence-corrected chi connectivity index (χ4v) is 7.32. The van der Waals surface area contributed by atoms with Crippen molar-refractivity contribution in [3.63, 3.8) is 0 Å². The highest BCUT2D eigenvalue weighted by Gasteiger charge is 2.35. The third kappa shape index (κ3) is 5.16. The second kappa shape index (κ2) is 10.3. The quantitative estimate of drug-likeness (QED) is 0.434. The summed E-state index contributed by atoms with van der Waals surface area (Å²) in [5.74, 6) is 0.803. The molecule has 0 bridgehead atoms. The van der Waals surface area contributed by atoms with E-state index in [4.69, 9.17) is 5.73 Å². The number of carbonyl (C=O) groups excluding carboxylic acids is 2. The topological polar surface area (TPSA) is 91.6 Å². The molecule has 3 aliphatic rings. The van der Waals surface area contributed by atoms with Crippen LogP contribution in [0.2, 0.25) is 0 Å². The number of nitrogens with one attached hydrogen (secondary N) is 1. The molecule has 0 radical (unpaired) electrons. The number of nitrogen functional groups attached to an aromatic ring is 1. The van der Waals surface area contributed by atoms with Crippen LogP contribution in [0.5, 0.6) is 0 Å².